The van der Waals surface area contributed by atoms with Crippen molar-refractivity contribution in [2.75, 3.05) is 29.4 Å². The molecule has 4 N–H and O–H groups in total. The van der Waals surface area contributed by atoms with E-state index >= 15 is 0 Å². The smallest absolute Gasteiger partial charge is 0.226 e. The second kappa shape index (κ2) is 13.3. The van der Waals surface area contributed by atoms with Crippen molar-refractivity contribution in [3.8, 4) is 22.5 Å². The Morgan fingerprint density at radius 2 is 1.19 bits per heavy atom. The van der Waals surface area contributed by atoms with Gasteiger partial charge in [-0.1, -0.05) is 72.8 Å². The number of hydrogen-bond donors (Lipinski definition) is 2. The van der Waals surface area contributed by atoms with Crippen LogP contribution in [0.5, 0.6) is 0 Å². The van der Waals surface area contributed by atoms with Gasteiger partial charge in [0.2, 0.25) is 11.9 Å². The average molecular weight is 635 g/mol. The lowest BCUT2D eigenvalue weighted by Gasteiger charge is -2.36. The molecule has 2 saturated heterocycles. The second-order valence-corrected chi connectivity index (χ2v) is 13.3. The fourth-order valence-corrected chi connectivity index (χ4v) is 7.93. The Morgan fingerprint density at radius 1 is 0.646 bits per heavy atom. The quantitative estimate of drug-likeness (QED) is 0.178. The Hall–Kier alpha value is -4.92. The highest BCUT2D eigenvalue weighted by atomic mass is 15.3. The van der Waals surface area contributed by atoms with Gasteiger partial charge < -0.3 is 21.3 Å². The molecular formula is C40H42N8. The molecule has 0 spiro atoms. The third-order valence-corrected chi connectivity index (χ3v) is 10.4. The summed E-state index contributed by atoms with van der Waals surface area (Å²) in [4.78, 5) is 24.3. The molecule has 8 heteroatoms. The molecule has 2 fully saturated rings. The van der Waals surface area contributed by atoms with Crippen LogP contribution in [0, 0.1) is 5.92 Å². The molecule has 4 unspecified atom stereocenters. The molecular weight excluding hydrogens is 592 g/mol. The first-order valence-electron chi connectivity index (χ1n) is 17.3. The van der Waals surface area contributed by atoms with Crippen molar-refractivity contribution in [2.45, 2.75) is 50.2 Å². The van der Waals surface area contributed by atoms with E-state index in [2.05, 4.69) is 94.7 Å². The molecule has 4 heterocycles. The van der Waals surface area contributed by atoms with Crippen LogP contribution in [0.4, 0.5) is 11.9 Å². The molecule has 242 valence electrons. The largest absolute Gasteiger partial charge is 0.338 e. The maximum atomic E-state index is 7.10. The molecule has 0 amide bonds. The molecule has 0 saturated carbocycles. The molecule has 4 aromatic carbocycles. The summed E-state index contributed by atoms with van der Waals surface area (Å²) in [5.41, 5.74) is 17.7. The van der Waals surface area contributed by atoms with Crippen molar-refractivity contribution in [1.82, 2.24) is 19.9 Å². The number of benzene rings is 4. The van der Waals surface area contributed by atoms with Crippen LogP contribution in [0.3, 0.4) is 0 Å². The van der Waals surface area contributed by atoms with Gasteiger partial charge in [-0.2, -0.15) is 0 Å². The van der Waals surface area contributed by atoms with Gasteiger partial charge in [-0.05, 0) is 84.5 Å². The van der Waals surface area contributed by atoms with E-state index in [4.69, 9.17) is 31.4 Å². The molecule has 0 bridgehead atoms. The summed E-state index contributed by atoms with van der Waals surface area (Å²) in [7, 11) is 0. The summed E-state index contributed by atoms with van der Waals surface area (Å²) in [6, 6.07) is 34.3. The van der Waals surface area contributed by atoms with E-state index < -0.39 is 0 Å². The summed E-state index contributed by atoms with van der Waals surface area (Å²) in [5, 5.41) is 4.86. The van der Waals surface area contributed by atoms with Crippen LogP contribution in [0.1, 0.15) is 32.1 Å². The summed E-state index contributed by atoms with van der Waals surface area (Å²) in [6.45, 7) is 2.35. The summed E-state index contributed by atoms with van der Waals surface area (Å²) < 4.78 is 0. The van der Waals surface area contributed by atoms with Crippen molar-refractivity contribution < 1.29 is 0 Å². The van der Waals surface area contributed by atoms with Gasteiger partial charge in [-0.15, -0.1) is 0 Å². The van der Waals surface area contributed by atoms with Gasteiger partial charge in [0.1, 0.15) is 0 Å². The van der Waals surface area contributed by atoms with Crippen molar-refractivity contribution in [1.29, 1.82) is 0 Å². The SMILES string of the molecule is NCC(C(N)CC1CCCN1c1nccc(-c2ccc3ccccc3c2)n1)C1CCCN1c1nccc(-c2ccc3ccccc3c2)n1. The van der Waals surface area contributed by atoms with Gasteiger partial charge in [0, 0.05) is 60.7 Å². The first-order valence-corrected chi connectivity index (χ1v) is 17.3. The molecule has 4 atom stereocenters. The van der Waals surface area contributed by atoms with E-state index in [0.29, 0.717) is 6.54 Å². The normalized spacial score (nSPS) is 19.3. The Balaban J connectivity index is 0.991. The molecule has 48 heavy (non-hydrogen) atoms. The molecule has 8 nitrogen and oxygen atoms in total. The van der Waals surface area contributed by atoms with Gasteiger partial charge in [0.25, 0.3) is 0 Å². The Morgan fingerprint density at radius 3 is 1.79 bits per heavy atom. The lowest BCUT2D eigenvalue weighted by atomic mass is 9.86. The topological polar surface area (TPSA) is 110 Å². The number of nitrogens with two attached hydrogens (primary N) is 2. The third-order valence-electron chi connectivity index (χ3n) is 10.4. The van der Waals surface area contributed by atoms with Gasteiger partial charge in [0.15, 0.2) is 0 Å². The van der Waals surface area contributed by atoms with E-state index in [-0.39, 0.29) is 24.0 Å². The number of aromatic nitrogens is 4. The fourth-order valence-electron chi connectivity index (χ4n) is 7.93. The Bertz CT molecular complexity index is 2050. The first-order chi connectivity index (χ1) is 23.6. The monoisotopic (exact) mass is 634 g/mol. The fraction of sp³-hybridized carbons (Fsp3) is 0.300. The number of hydrogen-bond acceptors (Lipinski definition) is 8. The zero-order valence-electron chi connectivity index (χ0n) is 27.2. The molecule has 0 radical (unpaired) electrons. The van der Waals surface area contributed by atoms with Crippen molar-refractivity contribution >= 4 is 33.4 Å². The highest BCUT2D eigenvalue weighted by molar-refractivity contribution is 5.87. The highest BCUT2D eigenvalue weighted by Gasteiger charge is 2.38. The van der Waals surface area contributed by atoms with E-state index in [1.807, 2.05) is 24.5 Å². The number of anilines is 2. The van der Waals surface area contributed by atoms with Gasteiger partial charge in [-0.25, -0.2) is 19.9 Å². The molecule has 2 aromatic heterocycles. The zero-order valence-corrected chi connectivity index (χ0v) is 27.2. The van der Waals surface area contributed by atoms with Crippen molar-refractivity contribution in [2.24, 2.45) is 17.4 Å². The zero-order chi connectivity index (χ0) is 32.5. The van der Waals surface area contributed by atoms with Gasteiger partial charge >= 0.3 is 0 Å². The van der Waals surface area contributed by atoms with Gasteiger partial charge in [-0.3, -0.25) is 0 Å². The molecule has 2 aliphatic rings. The second-order valence-electron chi connectivity index (χ2n) is 13.3. The number of rotatable bonds is 9. The lowest BCUT2D eigenvalue weighted by molar-refractivity contribution is 0.324. The van der Waals surface area contributed by atoms with Crippen LogP contribution < -0.4 is 21.3 Å². The minimum atomic E-state index is -0.0708. The van der Waals surface area contributed by atoms with Crippen LogP contribution >= 0.6 is 0 Å². The molecule has 8 rings (SSSR count). The lowest BCUT2D eigenvalue weighted by Crippen LogP contribution is -2.50. The van der Waals surface area contributed by atoms with Crippen molar-refractivity contribution in [3.63, 3.8) is 0 Å². The minimum absolute atomic E-state index is 0.0708. The van der Waals surface area contributed by atoms with E-state index in [1.54, 1.807) is 0 Å². The maximum absolute atomic E-state index is 7.10. The predicted octanol–water partition coefficient (Wildman–Crippen LogP) is 6.84. The average Bonchev–Trinajstić information content (AvgIpc) is 3.82. The van der Waals surface area contributed by atoms with Crippen LogP contribution in [0.25, 0.3) is 44.1 Å². The highest BCUT2D eigenvalue weighted by Crippen LogP contribution is 2.34. The van der Waals surface area contributed by atoms with Crippen LogP contribution in [-0.4, -0.2) is 57.7 Å². The Kier molecular flexibility index (Phi) is 8.43. The molecule has 2 aliphatic heterocycles. The Labute approximate surface area is 281 Å². The van der Waals surface area contributed by atoms with E-state index in [0.717, 1.165) is 79.6 Å². The van der Waals surface area contributed by atoms with Crippen LogP contribution in [0.15, 0.2) is 109 Å². The summed E-state index contributed by atoms with van der Waals surface area (Å²) >= 11 is 0. The molecule has 0 aliphatic carbocycles. The first kappa shape index (κ1) is 30.4. The number of nitrogens with zero attached hydrogens (tertiary/aromatic N) is 6. The third kappa shape index (κ3) is 5.98. The van der Waals surface area contributed by atoms with Crippen LogP contribution in [-0.2, 0) is 0 Å². The maximum Gasteiger partial charge on any atom is 0.226 e. The van der Waals surface area contributed by atoms with Crippen LogP contribution in [0.2, 0.25) is 0 Å². The van der Waals surface area contributed by atoms with E-state index in [9.17, 15) is 0 Å². The summed E-state index contributed by atoms with van der Waals surface area (Å²) in [6.07, 6.45) is 8.87. The minimum Gasteiger partial charge on any atom is -0.338 e. The summed E-state index contributed by atoms with van der Waals surface area (Å²) in [5.74, 6) is 1.66. The van der Waals surface area contributed by atoms with Crippen molar-refractivity contribution in [3.05, 3.63) is 109 Å². The van der Waals surface area contributed by atoms with E-state index in [1.165, 1.54) is 21.5 Å². The molecule has 6 aromatic rings. The van der Waals surface area contributed by atoms with Gasteiger partial charge in [0.05, 0.1) is 11.4 Å². The standard InChI is InChI=1S/C40H42N8/c41-26-34(38-12-6-22-48(38)40-44-20-18-37(46-40)32-16-14-28-8-2-4-10-30(28)24-32)35(42)25-33-11-5-21-47(33)39-43-19-17-36(45-39)31-15-13-27-7-1-3-9-29(27)23-31/h1-4,7-10,13-20,23-24,33-35,38H,5-6,11-12,21-22,25-26,41-42H2. The number of fused-ring (bicyclic) bond motifs is 2. The predicted molar refractivity (Wildman–Crippen MR) is 196 cm³/mol.